The number of hydrogen-bond acceptors (Lipinski definition) is 0. The zero-order chi connectivity index (χ0) is 19.0. The Bertz CT molecular complexity index is 499. The van der Waals surface area contributed by atoms with E-state index >= 15 is 0 Å². The van der Waals surface area contributed by atoms with Crippen LogP contribution in [0.25, 0.3) is 0 Å². The van der Waals surface area contributed by atoms with E-state index in [0.29, 0.717) is 5.92 Å². The molecule has 4 atom stereocenters. The number of rotatable bonds is 11. The highest BCUT2D eigenvalue weighted by molar-refractivity contribution is 5.41. The summed E-state index contributed by atoms with van der Waals surface area (Å²) in [6.45, 7) is 18.9. The summed E-state index contributed by atoms with van der Waals surface area (Å²) in [5.74, 6) is 3.01. The molecule has 0 amide bonds. The number of aryl methyl sites for hydroxylation is 2. The Balaban J connectivity index is 3.08. The zero-order valence-corrected chi connectivity index (χ0v) is 18.4. The van der Waals surface area contributed by atoms with Crippen molar-refractivity contribution in [1.82, 2.24) is 0 Å². The van der Waals surface area contributed by atoms with Crippen LogP contribution in [0.2, 0.25) is 0 Å². The molecule has 0 nitrogen and oxygen atoms in total. The highest BCUT2D eigenvalue weighted by Crippen LogP contribution is 2.36. The summed E-state index contributed by atoms with van der Waals surface area (Å²) in [7, 11) is 0. The SMILES string of the molecule is CCCC(C)CC(CCC)c1cc(C)c(C(C)C(C)CCC)cc1C. The van der Waals surface area contributed by atoms with Crippen LogP contribution in [0.5, 0.6) is 0 Å². The van der Waals surface area contributed by atoms with Crippen molar-refractivity contribution in [3.8, 4) is 0 Å². The molecule has 0 spiro atoms. The second kappa shape index (κ2) is 11.0. The van der Waals surface area contributed by atoms with Crippen molar-refractivity contribution in [3.63, 3.8) is 0 Å². The van der Waals surface area contributed by atoms with Crippen LogP contribution in [0.1, 0.15) is 121 Å². The van der Waals surface area contributed by atoms with Crippen molar-refractivity contribution < 1.29 is 0 Å². The van der Waals surface area contributed by atoms with Crippen molar-refractivity contribution in [2.75, 3.05) is 0 Å². The molecule has 0 aliphatic heterocycles. The quantitative estimate of drug-likeness (QED) is 0.377. The van der Waals surface area contributed by atoms with Crippen LogP contribution in [0.15, 0.2) is 12.1 Å². The first-order chi connectivity index (χ1) is 11.8. The Hall–Kier alpha value is -0.780. The molecular weight excluding hydrogens is 300 g/mol. The third kappa shape index (κ3) is 6.46. The maximum Gasteiger partial charge on any atom is -0.0157 e. The largest absolute Gasteiger partial charge is 0.0654 e. The molecule has 0 N–H and O–H groups in total. The van der Waals surface area contributed by atoms with E-state index in [0.717, 1.165) is 17.8 Å². The van der Waals surface area contributed by atoms with Gasteiger partial charge in [0.15, 0.2) is 0 Å². The summed E-state index contributed by atoms with van der Waals surface area (Å²) >= 11 is 0. The first-order valence-electron chi connectivity index (χ1n) is 11.0. The molecular formula is C25H44. The fourth-order valence-electron chi connectivity index (χ4n) is 4.65. The fourth-order valence-corrected chi connectivity index (χ4v) is 4.65. The van der Waals surface area contributed by atoms with Crippen molar-refractivity contribution in [1.29, 1.82) is 0 Å². The first kappa shape index (κ1) is 22.3. The average Bonchev–Trinajstić information content (AvgIpc) is 2.56. The molecule has 4 unspecified atom stereocenters. The molecule has 0 fully saturated rings. The van der Waals surface area contributed by atoms with Gasteiger partial charge in [0.05, 0.1) is 0 Å². The standard InChI is InChI=1S/C25H44/c1-9-12-18(4)15-23(14-11-3)25-17-20(6)24(16-21(25)7)22(8)19(5)13-10-2/h16-19,22-23H,9-15H2,1-8H3. The van der Waals surface area contributed by atoms with Crippen LogP contribution >= 0.6 is 0 Å². The van der Waals surface area contributed by atoms with Crippen LogP contribution in [0.4, 0.5) is 0 Å². The molecule has 144 valence electrons. The minimum atomic E-state index is 0.663. The van der Waals surface area contributed by atoms with Crippen LogP contribution in [0, 0.1) is 25.7 Å². The lowest BCUT2D eigenvalue weighted by Crippen LogP contribution is -2.11. The molecule has 25 heavy (non-hydrogen) atoms. The minimum Gasteiger partial charge on any atom is -0.0654 e. The predicted octanol–water partition coefficient (Wildman–Crippen LogP) is 8.55. The van der Waals surface area contributed by atoms with E-state index in [4.69, 9.17) is 0 Å². The maximum atomic E-state index is 2.54. The minimum absolute atomic E-state index is 0.663. The molecule has 0 heteroatoms. The highest BCUT2D eigenvalue weighted by Gasteiger charge is 2.21. The number of benzene rings is 1. The van der Waals surface area contributed by atoms with E-state index in [1.54, 1.807) is 11.1 Å². The predicted molar refractivity (Wildman–Crippen MR) is 115 cm³/mol. The molecule has 0 saturated carbocycles. The lowest BCUT2D eigenvalue weighted by molar-refractivity contribution is 0.417. The first-order valence-corrected chi connectivity index (χ1v) is 11.0. The molecule has 0 radical (unpaired) electrons. The maximum absolute atomic E-state index is 2.54. The lowest BCUT2D eigenvalue weighted by atomic mass is 9.78. The summed E-state index contributed by atoms with van der Waals surface area (Å²) in [6, 6.07) is 5.06. The zero-order valence-electron chi connectivity index (χ0n) is 18.4. The normalized spacial score (nSPS) is 16.5. The van der Waals surface area contributed by atoms with E-state index in [-0.39, 0.29) is 0 Å². The van der Waals surface area contributed by atoms with Gasteiger partial charge in [-0.1, -0.05) is 85.8 Å². The summed E-state index contributed by atoms with van der Waals surface area (Å²) in [4.78, 5) is 0. The van der Waals surface area contributed by atoms with Gasteiger partial charge in [-0.05, 0) is 72.6 Å². The second-order valence-electron chi connectivity index (χ2n) is 8.74. The van der Waals surface area contributed by atoms with Crippen LogP contribution in [-0.4, -0.2) is 0 Å². The highest BCUT2D eigenvalue weighted by atomic mass is 14.3. The van der Waals surface area contributed by atoms with Gasteiger partial charge in [0.25, 0.3) is 0 Å². The molecule has 0 aromatic heterocycles. The van der Waals surface area contributed by atoms with Gasteiger partial charge >= 0.3 is 0 Å². The average molecular weight is 345 g/mol. The molecule has 1 rings (SSSR count). The Morgan fingerprint density at radius 2 is 1.24 bits per heavy atom. The van der Waals surface area contributed by atoms with Crippen molar-refractivity contribution in [2.24, 2.45) is 11.8 Å². The van der Waals surface area contributed by atoms with Gasteiger partial charge in [0.1, 0.15) is 0 Å². The summed E-state index contributed by atoms with van der Waals surface area (Å²) in [5.41, 5.74) is 6.25. The third-order valence-electron chi connectivity index (χ3n) is 6.29. The monoisotopic (exact) mass is 344 g/mol. The molecule has 0 aliphatic rings. The van der Waals surface area contributed by atoms with Gasteiger partial charge in [0, 0.05) is 0 Å². The Kier molecular flexibility index (Phi) is 9.83. The fraction of sp³-hybridized carbons (Fsp3) is 0.760. The van der Waals surface area contributed by atoms with Gasteiger partial charge < -0.3 is 0 Å². The molecule has 0 heterocycles. The summed E-state index contributed by atoms with van der Waals surface area (Å²) in [6.07, 6.45) is 9.25. The van der Waals surface area contributed by atoms with Gasteiger partial charge in [-0.2, -0.15) is 0 Å². The van der Waals surface area contributed by atoms with Crippen LogP contribution < -0.4 is 0 Å². The Labute approximate surface area is 158 Å². The van der Waals surface area contributed by atoms with Gasteiger partial charge in [-0.25, -0.2) is 0 Å². The summed E-state index contributed by atoms with van der Waals surface area (Å²) < 4.78 is 0. The van der Waals surface area contributed by atoms with Crippen molar-refractivity contribution in [2.45, 2.75) is 112 Å². The van der Waals surface area contributed by atoms with Crippen LogP contribution in [0.3, 0.4) is 0 Å². The molecule has 0 aliphatic carbocycles. The van der Waals surface area contributed by atoms with E-state index in [2.05, 4.69) is 67.5 Å². The van der Waals surface area contributed by atoms with Gasteiger partial charge in [0.2, 0.25) is 0 Å². The second-order valence-corrected chi connectivity index (χ2v) is 8.74. The van der Waals surface area contributed by atoms with Gasteiger partial charge in [-0.15, -0.1) is 0 Å². The molecule has 0 bridgehead atoms. The Morgan fingerprint density at radius 3 is 1.80 bits per heavy atom. The van der Waals surface area contributed by atoms with Crippen molar-refractivity contribution >= 4 is 0 Å². The Morgan fingerprint density at radius 1 is 0.720 bits per heavy atom. The number of hydrogen-bond donors (Lipinski definition) is 0. The van der Waals surface area contributed by atoms with E-state index < -0.39 is 0 Å². The van der Waals surface area contributed by atoms with E-state index in [1.165, 1.54) is 56.1 Å². The lowest BCUT2D eigenvalue weighted by Gasteiger charge is -2.27. The van der Waals surface area contributed by atoms with E-state index in [9.17, 15) is 0 Å². The van der Waals surface area contributed by atoms with Crippen LogP contribution in [-0.2, 0) is 0 Å². The van der Waals surface area contributed by atoms with Crippen molar-refractivity contribution in [3.05, 3.63) is 34.4 Å². The van der Waals surface area contributed by atoms with E-state index in [1.807, 2.05) is 0 Å². The third-order valence-corrected chi connectivity index (χ3v) is 6.29. The smallest absolute Gasteiger partial charge is 0.0157 e. The summed E-state index contributed by atoms with van der Waals surface area (Å²) in [5, 5.41) is 0. The van der Waals surface area contributed by atoms with Gasteiger partial charge in [-0.3, -0.25) is 0 Å². The molecule has 1 aromatic rings. The topological polar surface area (TPSA) is 0 Å². The molecule has 0 saturated heterocycles. The molecule has 1 aromatic carbocycles.